The van der Waals surface area contributed by atoms with Crippen LogP contribution in [0.5, 0.6) is 0 Å². The molecule has 1 aromatic heterocycles. The zero-order valence-corrected chi connectivity index (χ0v) is 15.5. The first kappa shape index (κ1) is 16.9. The van der Waals surface area contributed by atoms with E-state index in [4.69, 9.17) is 0 Å². The van der Waals surface area contributed by atoms with Crippen LogP contribution in [0.1, 0.15) is 19.8 Å². The van der Waals surface area contributed by atoms with Crippen molar-refractivity contribution in [2.24, 2.45) is 5.92 Å². The van der Waals surface area contributed by atoms with Crippen LogP contribution in [0.3, 0.4) is 0 Å². The van der Waals surface area contributed by atoms with Crippen molar-refractivity contribution in [1.29, 1.82) is 0 Å². The second-order valence-corrected chi connectivity index (χ2v) is 6.97. The highest BCUT2D eigenvalue weighted by molar-refractivity contribution is 14.1. The Morgan fingerprint density at radius 1 is 1.38 bits per heavy atom. The Labute approximate surface area is 154 Å². The molecule has 4 nitrogen and oxygen atoms in total. The molecule has 0 amide bonds. The molecule has 0 saturated heterocycles. The van der Waals surface area contributed by atoms with E-state index in [1.165, 1.54) is 18.4 Å². The number of nitrogens with one attached hydrogen (secondary N) is 2. The topological polar surface area (TPSA) is 49.8 Å². The fraction of sp³-hybridized carbons (Fsp3) is 0.222. The predicted octanol–water partition coefficient (Wildman–Crippen LogP) is 5.25. The van der Waals surface area contributed by atoms with E-state index in [1.807, 2.05) is 30.3 Å². The predicted molar refractivity (Wildman–Crippen MR) is 104 cm³/mol. The van der Waals surface area contributed by atoms with Gasteiger partial charge in [-0.3, -0.25) is 0 Å². The van der Waals surface area contributed by atoms with Crippen LogP contribution in [0.15, 0.2) is 54.4 Å². The van der Waals surface area contributed by atoms with Crippen molar-refractivity contribution in [3.8, 4) is 0 Å². The first-order chi connectivity index (χ1) is 11.5. The van der Waals surface area contributed by atoms with E-state index in [2.05, 4.69) is 56.7 Å². The molecule has 124 valence electrons. The average molecular weight is 436 g/mol. The first-order valence-corrected chi connectivity index (χ1v) is 8.79. The third-order valence-corrected chi connectivity index (χ3v) is 4.71. The highest BCUT2D eigenvalue weighted by atomic mass is 127. The lowest BCUT2D eigenvalue weighted by molar-refractivity contribution is 0.619. The number of rotatable bonds is 6. The fourth-order valence-corrected chi connectivity index (χ4v) is 2.84. The summed E-state index contributed by atoms with van der Waals surface area (Å²) in [5, 5.41) is 6.03. The summed E-state index contributed by atoms with van der Waals surface area (Å²) in [6, 6.07) is 7.76. The summed E-state index contributed by atoms with van der Waals surface area (Å²) in [4.78, 5) is 8.21. The quantitative estimate of drug-likeness (QED) is 0.480. The molecule has 0 atom stereocenters. The molecule has 2 aromatic rings. The highest BCUT2D eigenvalue weighted by Crippen LogP contribution is 2.36. The lowest BCUT2D eigenvalue weighted by atomic mass is 10.1. The van der Waals surface area contributed by atoms with E-state index in [0.717, 1.165) is 15.5 Å². The summed E-state index contributed by atoms with van der Waals surface area (Å²) >= 11 is 2.22. The van der Waals surface area contributed by atoms with Crippen molar-refractivity contribution < 1.29 is 4.39 Å². The molecule has 1 aliphatic rings. The zero-order valence-electron chi connectivity index (χ0n) is 13.3. The van der Waals surface area contributed by atoms with Crippen molar-refractivity contribution in [3.05, 3.63) is 63.8 Å². The third kappa shape index (κ3) is 4.31. The number of nitrogens with zero attached hydrogens (tertiary/aromatic N) is 2. The monoisotopic (exact) mass is 436 g/mol. The first-order valence-electron chi connectivity index (χ1n) is 7.71. The van der Waals surface area contributed by atoms with E-state index < -0.39 is 5.82 Å². The number of hydrogen-bond donors (Lipinski definition) is 2. The van der Waals surface area contributed by atoms with E-state index >= 15 is 0 Å². The van der Waals surface area contributed by atoms with Gasteiger partial charge in [-0.2, -0.15) is 4.98 Å². The van der Waals surface area contributed by atoms with Gasteiger partial charge in [0, 0.05) is 9.27 Å². The molecule has 1 heterocycles. The Morgan fingerprint density at radius 2 is 2.12 bits per heavy atom. The smallest absolute Gasteiger partial charge is 0.229 e. The minimum atomic E-state index is -0.512. The molecule has 1 saturated carbocycles. The highest BCUT2D eigenvalue weighted by Gasteiger charge is 2.22. The van der Waals surface area contributed by atoms with Crippen LogP contribution in [-0.2, 0) is 0 Å². The molecule has 1 aliphatic carbocycles. The Hall–Kier alpha value is -1.96. The van der Waals surface area contributed by atoms with Crippen LogP contribution in [0.2, 0.25) is 0 Å². The molecule has 0 spiro atoms. The molecular formula is C18H18FIN4. The summed E-state index contributed by atoms with van der Waals surface area (Å²) in [7, 11) is 0. The van der Waals surface area contributed by atoms with E-state index in [0.29, 0.717) is 17.6 Å². The van der Waals surface area contributed by atoms with Gasteiger partial charge < -0.3 is 10.6 Å². The number of hydrogen-bond acceptors (Lipinski definition) is 4. The van der Waals surface area contributed by atoms with E-state index in [1.54, 1.807) is 0 Å². The Kier molecular flexibility index (Phi) is 5.13. The van der Waals surface area contributed by atoms with Crippen LogP contribution in [0.4, 0.5) is 21.8 Å². The number of benzene rings is 1. The van der Waals surface area contributed by atoms with Crippen LogP contribution in [0, 0.1) is 15.3 Å². The summed E-state index contributed by atoms with van der Waals surface area (Å²) in [6.07, 6.45) is 5.55. The lowest BCUT2D eigenvalue weighted by Crippen LogP contribution is -2.06. The van der Waals surface area contributed by atoms with Crippen molar-refractivity contribution in [1.82, 2.24) is 9.97 Å². The number of allylic oxidation sites excluding steroid dienone is 2. The van der Waals surface area contributed by atoms with Gasteiger partial charge in [0.15, 0.2) is 11.6 Å². The Balaban J connectivity index is 1.75. The van der Waals surface area contributed by atoms with Gasteiger partial charge in [0.25, 0.3) is 0 Å². The van der Waals surface area contributed by atoms with Gasteiger partial charge in [0.05, 0.1) is 11.9 Å². The standard InChI is InChI=1S/C18H18FIN4/c1-11(13-7-8-13)9-12(2)22-17-14(19)10-21-18(24-17)23-16-6-4-3-5-15(16)20/h3-6,9-10,13H,2,7-8H2,1H3,(H2,21,22,23,24)/b11-9+. The Morgan fingerprint density at radius 3 is 2.83 bits per heavy atom. The average Bonchev–Trinajstić information content (AvgIpc) is 3.37. The van der Waals surface area contributed by atoms with Gasteiger partial charge in [-0.25, -0.2) is 9.37 Å². The summed E-state index contributed by atoms with van der Waals surface area (Å²) in [6.45, 7) is 6.01. The van der Waals surface area contributed by atoms with Crippen molar-refractivity contribution in [2.75, 3.05) is 10.6 Å². The van der Waals surface area contributed by atoms with Gasteiger partial charge in [0.2, 0.25) is 5.95 Å². The lowest BCUT2D eigenvalue weighted by Gasteiger charge is -2.11. The van der Waals surface area contributed by atoms with Gasteiger partial charge >= 0.3 is 0 Å². The largest absolute Gasteiger partial charge is 0.338 e. The minimum Gasteiger partial charge on any atom is -0.338 e. The normalized spacial score (nSPS) is 14.4. The van der Waals surface area contributed by atoms with Crippen LogP contribution in [0.25, 0.3) is 0 Å². The van der Waals surface area contributed by atoms with E-state index in [-0.39, 0.29) is 5.82 Å². The SMILES string of the molecule is C=C(/C=C(\C)C1CC1)Nc1nc(Nc2ccccc2I)ncc1F. The van der Waals surface area contributed by atoms with Crippen LogP contribution >= 0.6 is 22.6 Å². The molecule has 6 heteroatoms. The molecule has 24 heavy (non-hydrogen) atoms. The van der Waals surface area contributed by atoms with Gasteiger partial charge in [-0.1, -0.05) is 24.3 Å². The molecular weight excluding hydrogens is 418 g/mol. The van der Waals surface area contributed by atoms with Crippen LogP contribution < -0.4 is 10.6 Å². The summed E-state index contributed by atoms with van der Waals surface area (Å²) in [5.74, 6) is 0.583. The van der Waals surface area contributed by atoms with Gasteiger partial charge in [-0.05, 0) is 66.5 Å². The molecule has 0 unspecified atom stereocenters. The zero-order chi connectivity index (χ0) is 17.1. The second kappa shape index (κ2) is 7.29. The maximum absolute atomic E-state index is 14.0. The molecule has 1 fully saturated rings. The fourth-order valence-electron chi connectivity index (χ4n) is 2.32. The molecule has 0 radical (unpaired) electrons. The summed E-state index contributed by atoms with van der Waals surface area (Å²) in [5.41, 5.74) is 2.76. The van der Waals surface area contributed by atoms with Crippen molar-refractivity contribution in [3.63, 3.8) is 0 Å². The molecule has 0 bridgehead atoms. The number of halogens is 2. The number of aromatic nitrogens is 2. The number of para-hydroxylation sites is 1. The second-order valence-electron chi connectivity index (χ2n) is 5.81. The van der Waals surface area contributed by atoms with Gasteiger partial charge in [-0.15, -0.1) is 0 Å². The van der Waals surface area contributed by atoms with Crippen LogP contribution in [-0.4, -0.2) is 9.97 Å². The summed E-state index contributed by atoms with van der Waals surface area (Å²) < 4.78 is 15.0. The maximum atomic E-state index is 14.0. The van der Waals surface area contributed by atoms with Crippen molar-refractivity contribution >= 4 is 40.0 Å². The van der Waals surface area contributed by atoms with Crippen molar-refractivity contribution in [2.45, 2.75) is 19.8 Å². The third-order valence-electron chi connectivity index (χ3n) is 3.77. The molecule has 2 N–H and O–H groups in total. The molecule has 0 aliphatic heterocycles. The molecule has 3 rings (SSSR count). The maximum Gasteiger partial charge on any atom is 0.229 e. The van der Waals surface area contributed by atoms with Gasteiger partial charge in [0.1, 0.15) is 0 Å². The minimum absolute atomic E-state index is 0.114. The van der Waals surface area contributed by atoms with E-state index in [9.17, 15) is 4.39 Å². The number of anilines is 3. The Bertz CT molecular complexity index is 799. The molecule has 1 aromatic carbocycles.